The van der Waals surface area contributed by atoms with Crippen molar-refractivity contribution in [1.82, 2.24) is 0 Å². The van der Waals surface area contributed by atoms with E-state index in [2.05, 4.69) is 4.74 Å². The Kier molecular flexibility index (Phi) is 7.16. The number of benzene rings is 2. The van der Waals surface area contributed by atoms with Crippen LogP contribution in [0.3, 0.4) is 0 Å². The third kappa shape index (κ3) is 5.02. The zero-order valence-corrected chi connectivity index (χ0v) is 16.9. The fraction of sp³-hybridized carbons (Fsp3) is 0.263. The van der Waals surface area contributed by atoms with Gasteiger partial charge in [0.25, 0.3) is 10.0 Å². The predicted molar refractivity (Wildman–Crippen MR) is 102 cm³/mol. The number of sulfonamides is 1. The minimum Gasteiger partial charge on any atom is -0.494 e. The maximum Gasteiger partial charge on any atom is 0.337 e. The Hall–Kier alpha value is -3.14. The van der Waals surface area contributed by atoms with Crippen molar-refractivity contribution >= 4 is 27.6 Å². The largest absolute Gasteiger partial charge is 0.494 e. The molecular formula is C19H20FNO7S. The van der Waals surface area contributed by atoms with Crippen molar-refractivity contribution in [3.8, 4) is 5.75 Å². The van der Waals surface area contributed by atoms with Gasteiger partial charge in [-0.2, -0.15) is 0 Å². The smallest absolute Gasteiger partial charge is 0.337 e. The van der Waals surface area contributed by atoms with E-state index in [1.807, 2.05) is 0 Å². The molecule has 156 valence electrons. The monoisotopic (exact) mass is 425 g/mol. The summed E-state index contributed by atoms with van der Waals surface area (Å²) in [6, 6.07) is 8.61. The number of carbonyl (C=O) groups excluding carboxylic acids is 2. The molecule has 0 saturated carbocycles. The highest BCUT2D eigenvalue weighted by atomic mass is 32.2. The Morgan fingerprint density at radius 3 is 2.41 bits per heavy atom. The molecule has 2 aromatic carbocycles. The first-order valence-electron chi connectivity index (χ1n) is 8.44. The number of carbonyl (C=O) groups is 2. The maximum atomic E-state index is 14.1. The van der Waals surface area contributed by atoms with Crippen LogP contribution in [0, 0.1) is 5.82 Å². The molecule has 0 aliphatic rings. The fourth-order valence-electron chi connectivity index (χ4n) is 2.48. The zero-order valence-electron chi connectivity index (χ0n) is 16.0. The standard InChI is InChI=1S/C19H20FNO7S/c1-4-28-18(22)12-21(14-7-5-6-13(10-14)19(23)27-3)29(24,25)15-8-9-17(26-2)16(20)11-15/h5-11H,4,12H2,1-3H3. The van der Waals surface area contributed by atoms with Crippen molar-refractivity contribution in [2.24, 2.45) is 0 Å². The number of anilines is 1. The third-order valence-corrected chi connectivity index (χ3v) is 5.61. The Morgan fingerprint density at radius 1 is 1.10 bits per heavy atom. The molecule has 0 saturated heterocycles. The van der Waals surface area contributed by atoms with E-state index in [0.717, 1.165) is 22.5 Å². The van der Waals surface area contributed by atoms with E-state index in [1.54, 1.807) is 6.92 Å². The number of esters is 2. The van der Waals surface area contributed by atoms with Crippen LogP contribution in [-0.4, -0.2) is 47.7 Å². The lowest BCUT2D eigenvalue weighted by atomic mass is 10.2. The van der Waals surface area contributed by atoms with Crippen molar-refractivity contribution in [2.45, 2.75) is 11.8 Å². The molecule has 0 atom stereocenters. The SMILES string of the molecule is CCOC(=O)CN(c1cccc(C(=O)OC)c1)S(=O)(=O)c1ccc(OC)c(F)c1. The first-order valence-corrected chi connectivity index (χ1v) is 9.88. The normalized spacial score (nSPS) is 10.9. The minimum absolute atomic E-state index is 0.0113. The van der Waals surface area contributed by atoms with Crippen molar-refractivity contribution in [3.05, 3.63) is 53.8 Å². The van der Waals surface area contributed by atoms with Crippen LogP contribution >= 0.6 is 0 Å². The number of halogens is 1. The van der Waals surface area contributed by atoms with E-state index in [-0.39, 0.29) is 23.6 Å². The minimum atomic E-state index is -4.38. The van der Waals surface area contributed by atoms with Gasteiger partial charge in [-0.1, -0.05) is 6.07 Å². The highest BCUT2D eigenvalue weighted by Gasteiger charge is 2.29. The molecule has 0 aromatic heterocycles. The molecule has 0 unspecified atom stereocenters. The Bertz CT molecular complexity index is 1010. The number of methoxy groups -OCH3 is 2. The number of nitrogens with zero attached hydrogens (tertiary/aromatic N) is 1. The molecule has 0 N–H and O–H groups in total. The number of ether oxygens (including phenoxy) is 3. The Balaban J connectivity index is 2.57. The van der Waals surface area contributed by atoms with E-state index in [9.17, 15) is 22.4 Å². The lowest BCUT2D eigenvalue weighted by Gasteiger charge is -2.24. The van der Waals surface area contributed by atoms with Gasteiger partial charge in [-0.15, -0.1) is 0 Å². The van der Waals surface area contributed by atoms with E-state index in [1.165, 1.54) is 38.5 Å². The quantitative estimate of drug-likeness (QED) is 0.599. The maximum absolute atomic E-state index is 14.1. The van der Waals surface area contributed by atoms with Crippen molar-refractivity contribution in [1.29, 1.82) is 0 Å². The van der Waals surface area contributed by atoms with E-state index in [0.29, 0.717) is 0 Å². The number of hydrogen-bond acceptors (Lipinski definition) is 7. The summed E-state index contributed by atoms with van der Waals surface area (Å²) in [5.41, 5.74) is 0.0900. The molecule has 29 heavy (non-hydrogen) atoms. The van der Waals surface area contributed by atoms with Gasteiger partial charge in [-0.3, -0.25) is 9.10 Å². The summed E-state index contributed by atoms with van der Waals surface area (Å²) in [7, 11) is -1.95. The molecule has 2 aromatic rings. The molecule has 0 aliphatic heterocycles. The zero-order chi connectivity index (χ0) is 21.6. The van der Waals surface area contributed by atoms with Crippen LogP contribution in [0.25, 0.3) is 0 Å². The van der Waals surface area contributed by atoms with E-state index < -0.39 is 39.2 Å². The summed E-state index contributed by atoms with van der Waals surface area (Å²) in [4.78, 5) is 23.4. The third-order valence-electron chi connectivity index (χ3n) is 3.84. The lowest BCUT2D eigenvalue weighted by molar-refractivity contribution is -0.141. The molecule has 0 heterocycles. The Morgan fingerprint density at radius 2 is 1.83 bits per heavy atom. The average molecular weight is 425 g/mol. The molecular weight excluding hydrogens is 405 g/mol. The predicted octanol–water partition coefficient (Wildman–Crippen LogP) is 2.38. The van der Waals surface area contributed by atoms with Gasteiger partial charge in [0.15, 0.2) is 11.6 Å². The van der Waals surface area contributed by atoms with Gasteiger partial charge in [0.2, 0.25) is 0 Å². The molecule has 0 spiro atoms. The molecule has 0 bridgehead atoms. The van der Waals surface area contributed by atoms with E-state index >= 15 is 0 Å². The summed E-state index contributed by atoms with van der Waals surface area (Å²) in [6.07, 6.45) is 0. The van der Waals surface area contributed by atoms with E-state index in [4.69, 9.17) is 9.47 Å². The second kappa shape index (κ2) is 9.37. The van der Waals surface area contributed by atoms with Crippen molar-refractivity contribution in [3.63, 3.8) is 0 Å². The first kappa shape index (κ1) is 22.2. The van der Waals surface area contributed by atoms with Crippen LogP contribution < -0.4 is 9.04 Å². The van der Waals surface area contributed by atoms with Crippen LogP contribution in [0.1, 0.15) is 17.3 Å². The highest BCUT2D eigenvalue weighted by molar-refractivity contribution is 7.92. The molecule has 0 amide bonds. The van der Waals surface area contributed by atoms with Crippen molar-refractivity contribution in [2.75, 3.05) is 31.7 Å². The van der Waals surface area contributed by atoms with Gasteiger partial charge in [0.05, 0.1) is 37.0 Å². The van der Waals surface area contributed by atoms with Crippen LogP contribution in [-0.2, 0) is 24.3 Å². The summed E-state index contributed by atoms with van der Waals surface area (Å²) in [5, 5.41) is 0. The van der Waals surface area contributed by atoms with Crippen molar-refractivity contribution < 1.29 is 36.6 Å². The van der Waals surface area contributed by atoms with Crippen LogP contribution in [0.15, 0.2) is 47.4 Å². The summed E-state index contributed by atoms with van der Waals surface area (Å²) < 4.78 is 55.5. The molecule has 2 rings (SSSR count). The van der Waals surface area contributed by atoms with Gasteiger partial charge in [-0.25, -0.2) is 17.6 Å². The van der Waals surface area contributed by atoms with Crippen LogP contribution in [0.4, 0.5) is 10.1 Å². The second-order valence-corrected chi connectivity index (χ2v) is 7.52. The summed E-state index contributed by atoms with van der Waals surface area (Å²) in [6.45, 7) is 0.952. The Labute approximate surface area is 167 Å². The van der Waals surface area contributed by atoms with Gasteiger partial charge >= 0.3 is 11.9 Å². The topological polar surface area (TPSA) is 99.2 Å². The second-order valence-electron chi connectivity index (χ2n) is 5.65. The number of hydrogen-bond donors (Lipinski definition) is 0. The average Bonchev–Trinajstić information content (AvgIpc) is 2.71. The molecule has 8 nitrogen and oxygen atoms in total. The molecule has 10 heteroatoms. The van der Waals surface area contributed by atoms with Crippen LogP contribution in [0.2, 0.25) is 0 Å². The summed E-state index contributed by atoms with van der Waals surface area (Å²) >= 11 is 0. The molecule has 0 aliphatic carbocycles. The lowest BCUT2D eigenvalue weighted by Crippen LogP contribution is -2.36. The van der Waals surface area contributed by atoms with Gasteiger partial charge in [-0.05, 0) is 43.3 Å². The molecule has 0 fully saturated rings. The van der Waals surface area contributed by atoms with Gasteiger partial charge < -0.3 is 14.2 Å². The summed E-state index contributed by atoms with van der Waals surface area (Å²) in [5.74, 6) is -2.51. The number of rotatable bonds is 8. The van der Waals surface area contributed by atoms with Gasteiger partial charge in [0, 0.05) is 0 Å². The molecule has 0 radical (unpaired) electrons. The highest BCUT2D eigenvalue weighted by Crippen LogP contribution is 2.27. The van der Waals surface area contributed by atoms with Crippen LogP contribution in [0.5, 0.6) is 5.75 Å². The fourth-order valence-corrected chi connectivity index (χ4v) is 3.89. The van der Waals surface area contributed by atoms with Gasteiger partial charge in [0.1, 0.15) is 6.54 Å². The first-order chi connectivity index (χ1) is 13.7.